The summed E-state index contributed by atoms with van der Waals surface area (Å²) in [6, 6.07) is 0. The van der Waals surface area contributed by atoms with Gasteiger partial charge in [-0.15, -0.1) is 0 Å². The standard InChI is InChI=1S/C5H6BrN3O2/c1-3-4(2-6)8-5(7-3)9(10)11/h2H2,1H3,(H,7,8). The Morgan fingerprint density at radius 1 is 1.82 bits per heavy atom. The highest BCUT2D eigenvalue weighted by atomic mass is 79.9. The number of aryl methyl sites for hydroxylation is 1. The van der Waals surface area contributed by atoms with E-state index in [1.807, 2.05) is 0 Å². The van der Waals surface area contributed by atoms with Gasteiger partial charge in [0.15, 0.2) is 5.69 Å². The molecule has 6 heteroatoms. The van der Waals surface area contributed by atoms with Crippen LogP contribution < -0.4 is 0 Å². The van der Waals surface area contributed by atoms with Crippen molar-refractivity contribution in [2.24, 2.45) is 0 Å². The van der Waals surface area contributed by atoms with Gasteiger partial charge in [0, 0.05) is 0 Å². The molecule has 0 amide bonds. The Balaban J connectivity index is 3.05. The predicted molar refractivity (Wildman–Crippen MR) is 42.6 cm³/mol. The summed E-state index contributed by atoms with van der Waals surface area (Å²) < 4.78 is 0. The van der Waals surface area contributed by atoms with Crippen LogP contribution in [0.2, 0.25) is 0 Å². The van der Waals surface area contributed by atoms with Crippen LogP contribution in [0.1, 0.15) is 11.4 Å². The van der Waals surface area contributed by atoms with Gasteiger partial charge in [0.2, 0.25) is 0 Å². The summed E-state index contributed by atoms with van der Waals surface area (Å²) in [4.78, 5) is 15.9. The molecule has 1 aromatic rings. The van der Waals surface area contributed by atoms with Gasteiger partial charge in [-0.3, -0.25) is 0 Å². The van der Waals surface area contributed by atoms with Crippen LogP contribution in [0.5, 0.6) is 0 Å². The Bertz CT molecular complexity index is 283. The number of hydrogen-bond donors (Lipinski definition) is 1. The highest BCUT2D eigenvalue weighted by molar-refractivity contribution is 9.08. The van der Waals surface area contributed by atoms with Crippen LogP contribution in [-0.2, 0) is 5.33 Å². The van der Waals surface area contributed by atoms with Gasteiger partial charge in [0.1, 0.15) is 5.69 Å². The molecular formula is C5H6BrN3O2. The van der Waals surface area contributed by atoms with E-state index in [9.17, 15) is 10.1 Å². The zero-order valence-electron chi connectivity index (χ0n) is 5.80. The predicted octanol–water partition coefficient (Wildman–Crippen LogP) is 1.52. The molecule has 0 spiro atoms. The Morgan fingerprint density at radius 3 is 2.73 bits per heavy atom. The summed E-state index contributed by atoms with van der Waals surface area (Å²) in [6.45, 7) is 1.72. The minimum Gasteiger partial charge on any atom is -0.390 e. The summed E-state index contributed by atoms with van der Waals surface area (Å²) in [6.07, 6.45) is 0. The number of H-pyrrole nitrogens is 1. The van der Waals surface area contributed by atoms with Crippen LogP contribution in [0.15, 0.2) is 0 Å². The minimum absolute atomic E-state index is 0.197. The maximum Gasteiger partial charge on any atom is 0.432 e. The van der Waals surface area contributed by atoms with E-state index in [1.54, 1.807) is 6.92 Å². The van der Waals surface area contributed by atoms with Crippen molar-refractivity contribution < 1.29 is 4.92 Å². The van der Waals surface area contributed by atoms with Crippen LogP contribution >= 0.6 is 15.9 Å². The molecule has 1 rings (SSSR count). The van der Waals surface area contributed by atoms with Crippen molar-refractivity contribution in [2.45, 2.75) is 12.3 Å². The Kier molecular flexibility index (Phi) is 2.23. The molecule has 0 fully saturated rings. The lowest BCUT2D eigenvalue weighted by Gasteiger charge is -1.85. The van der Waals surface area contributed by atoms with Crippen molar-refractivity contribution in [3.05, 3.63) is 21.5 Å². The smallest absolute Gasteiger partial charge is 0.390 e. The first-order valence-corrected chi connectivity index (χ1v) is 4.03. The molecule has 1 aromatic heterocycles. The molecule has 0 unspecified atom stereocenters. The highest BCUT2D eigenvalue weighted by Crippen LogP contribution is 2.12. The fourth-order valence-corrected chi connectivity index (χ4v) is 1.24. The number of alkyl halides is 1. The number of nitro groups is 1. The molecule has 11 heavy (non-hydrogen) atoms. The number of aromatic amines is 1. The van der Waals surface area contributed by atoms with Gasteiger partial charge in [-0.2, -0.15) is 0 Å². The summed E-state index contributed by atoms with van der Waals surface area (Å²) in [5.74, 6) is -0.197. The van der Waals surface area contributed by atoms with Crippen LogP contribution in [-0.4, -0.2) is 14.9 Å². The Morgan fingerprint density at radius 2 is 2.45 bits per heavy atom. The molecular weight excluding hydrogens is 214 g/mol. The summed E-state index contributed by atoms with van der Waals surface area (Å²) >= 11 is 3.18. The third-order valence-corrected chi connectivity index (χ3v) is 1.84. The lowest BCUT2D eigenvalue weighted by atomic mass is 10.4. The van der Waals surface area contributed by atoms with Gasteiger partial charge in [-0.1, -0.05) is 20.9 Å². The highest BCUT2D eigenvalue weighted by Gasteiger charge is 2.14. The number of aromatic nitrogens is 2. The van der Waals surface area contributed by atoms with E-state index in [0.717, 1.165) is 5.69 Å². The van der Waals surface area contributed by atoms with E-state index >= 15 is 0 Å². The SMILES string of the molecule is Cc1nc([N+](=O)[O-])[nH]c1CBr. The Labute approximate surface area is 71.1 Å². The first-order valence-electron chi connectivity index (χ1n) is 2.91. The summed E-state index contributed by atoms with van der Waals surface area (Å²) in [5.41, 5.74) is 1.41. The molecule has 1 heterocycles. The number of hydrogen-bond acceptors (Lipinski definition) is 3. The van der Waals surface area contributed by atoms with Gasteiger partial charge in [-0.05, 0) is 11.8 Å². The van der Waals surface area contributed by atoms with Crippen molar-refractivity contribution >= 4 is 21.9 Å². The third-order valence-electron chi connectivity index (χ3n) is 1.28. The second-order valence-corrected chi connectivity index (χ2v) is 2.58. The monoisotopic (exact) mass is 219 g/mol. The molecule has 0 bridgehead atoms. The molecule has 5 nitrogen and oxygen atoms in total. The topological polar surface area (TPSA) is 71.8 Å². The van der Waals surface area contributed by atoms with E-state index in [2.05, 4.69) is 25.9 Å². The van der Waals surface area contributed by atoms with Crippen molar-refractivity contribution in [3.8, 4) is 0 Å². The average molecular weight is 220 g/mol. The molecule has 0 aliphatic rings. The fourth-order valence-electron chi connectivity index (χ4n) is 0.696. The van der Waals surface area contributed by atoms with Crippen LogP contribution in [0.4, 0.5) is 5.95 Å². The van der Waals surface area contributed by atoms with Gasteiger partial charge in [0.05, 0.1) is 5.33 Å². The molecule has 0 aromatic carbocycles. The lowest BCUT2D eigenvalue weighted by Crippen LogP contribution is -1.89. The summed E-state index contributed by atoms with van der Waals surface area (Å²) in [7, 11) is 0. The molecule has 0 saturated heterocycles. The van der Waals surface area contributed by atoms with E-state index < -0.39 is 4.92 Å². The number of nitrogens with one attached hydrogen (secondary N) is 1. The van der Waals surface area contributed by atoms with E-state index in [0.29, 0.717) is 11.0 Å². The quantitative estimate of drug-likeness (QED) is 0.466. The van der Waals surface area contributed by atoms with Crippen LogP contribution in [0.3, 0.4) is 0 Å². The second kappa shape index (κ2) is 3.00. The first kappa shape index (κ1) is 8.19. The maximum atomic E-state index is 10.2. The van der Waals surface area contributed by atoms with E-state index in [-0.39, 0.29) is 5.95 Å². The number of imidazole rings is 1. The average Bonchev–Trinajstić information content (AvgIpc) is 2.31. The Hall–Kier alpha value is -0.910. The number of rotatable bonds is 2. The summed E-state index contributed by atoms with van der Waals surface area (Å²) in [5, 5.41) is 10.7. The van der Waals surface area contributed by atoms with Crippen molar-refractivity contribution in [2.75, 3.05) is 0 Å². The van der Waals surface area contributed by atoms with Gasteiger partial charge in [0.25, 0.3) is 0 Å². The van der Waals surface area contributed by atoms with Gasteiger partial charge < -0.3 is 10.1 Å². The number of nitrogens with zero attached hydrogens (tertiary/aromatic N) is 2. The molecule has 1 N–H and O–H groups in total. The minimum atomic E-state index is -0.542. The molecule has 60 valence electrons. The molecule has 0 aliphatic heterocycles. The number of halogens is 1. The zero-order valence-corrected chi connectivity index (χ0v) is 7.38. The second-order valence-electron chi connectivity index (χ2n) is 2.02. The third kappa shape index (κ3) is 1.56. The van der Waals surface area contributed by atoms with Crippen molar-refractivity contribution in [3.63, 3.8) is 0 Å². The normalized spacial score (nSPS) is 10.0. The van der Waals surface area contributed by atoms with Crippen molar-refractivity contribution in [1.82, 2.24) is 9.97 Å². The molecule has 0 atom stereocenters. The van der Waals surface area contributed by atoms with E-state index in [1.165, 1.54) is 0 Å². The lowest BCUT2D eigenvalue weighted by molar-refractivity contribution is -0.393. The molecule has 0 aliphatic carbocycles. The first-order chi connectivity index (χ1) is 5.15. The van der Waals surface area contributed by atoms with Gasteiger partial charge in [-0.25, -0.2) is 4.98 Å². The van der Waals surface area contributed by atoms with Crippen LogP contribution in [0.25, 0.3) is 0 Å². The van der Waals surface area contributed by atoms with Gasteiger partial charge >= 0.3 is 5.95 Å². The maximum absolute atomic E-state index is 10.2. The molecule has 0 saturated carbocycles. The van der Waals surface area contributed by atoms with E-state index in [4.69, 9.17) is 0 Å². The zero-order chi connectivity index (χ0) is 8.43. The molecule has 0 radical (unpaired) electrons. The van der Waals surface area contributed by atoms with Crippen molar-refractivity contribution in [1.29, 1.82) is 0 Å². The van der Waals surface area contributed by atoms with Crippen LogP contribution in [0, 0.1) is 17.0 Å². The fraction of sp³-hybridized carbons (Fsp3) is 0.400. The largest absolute Gasteiger partial charge is 0.432 e.